The molecule has 0 saturated carbocycles. The quantitative estimate of drug-likeness (QED) is 0.622. The molecule has 1 amide bonds. The molecular formula is C16H21N5OS. The molecule has 122 valence electrons. The zero-order valence-corrected chi connectivity index (χ0v) is 14.1. The van der Waals surface area contributed by atoms with E-state index in [0.717, 1.165) is 32.4 Å². The standard InChI is InChI=1S/C16H21N5OS/c1-23-16-17-11-13(12-18-16)15(22)21-9-3-2-5-14(21)6-10-20-8-4-7-19-20/h4,7-8,11-12,14H,2-3,5-6,9-10H2,1H3. The van der Waals surface area contributed by atoms with E-state index in [-0.39, 0.29) is 11.9 Å². The molecule has 23 heavy (non-hydrogen) atoms. The van der Waals surface area contributed by atoms with Gasteiger partial charge in [0.15, 0.2) is 5.16 Å². The van der Waals surface area contributed by atoms with Crippen molar-refractivity contribution in [3.05, 3.63) is 36.4 Å². The number of nitrogens with zero attached hydrogens (tertiary/aromatic N) is 5. The highest BCUT2D eigenvalue weighted by molar-refractivity contribution is 7.98. The van der Waals surface area contributed by atoms with Crippen LogP contribution in [0, 0.1) is 0 Å². The zero-order valence-electron chi connectivity index (χ0n) is 13.3. The van der Waals surface area contributed by atoms with Crippen LogP contribution in [-0.2, 0) is 6.54 Å². The predicted molar refractivity (Wildman–Crippen MR) is 89.3 cm³/mol. The molecule has 6 nitrogen and oxygen atoms in total. The Labute approximate surface area is 140 Å². The molecule has 1 unspecified atom stereocenters. The highest BCUT2D eigenvalue weighted by Crippen LogP contribution is 2.22. The van der Waals surface area contributed by atoms with Crippen molar-refractivity contribution in [2.75, 3.05) is 12.8 Å². The molecule has 2 aromatic heterocycles. The third kappa shape index (κ3) is 3.90. The molecule has 0 N–H and O–H groups in total. The van der Waals surface area contributed by atoms with E-state index in [1.165, 1.54) is 18.2 Å². The first-order valence-corrected chi connectivity index (χ1v) is 9.15. The Bertz CT molecular complexity index is 628. The highest BCUT2D eigenvalue weighted by atomic mass is 32.2. The second-order valence-corrected chi connectivity index (χ2v) is 6.44. The van der Waals surface area contributed by atoms with Crippen LogP contribution in [0.1, 0.15) is 36.0 Å². The zero-order chi connectivity index (χ0) is 16.1. The van der Waals surface area contributed by atoms with Gasteiger partial charge in [0.2, 0.25) is 0 Å². The summed E-state index contributed by atoms with van der Waals surface area (Å²) in [5, 5.41) is 4.93. The van der Waals surface area contributed by atoms with Gasteiger partial charge in [-0.05, 0) is 38.0 Å². The van der Waals surface area contributed by atoms with Crippen molar-refractivity contribution in [1.82, 2.24) is 24.6 Å². The van der Waals surface area contributed by atoms with Gasteiger partial charge in [0.1, 0.15) is 0 Å². The molecule has 1 aliphatic rings. The topological polar surface area (TPSA) is 63.9 Å². The Morgan fingerprint density at radius 3 is 2.87 bits per heavy atom. The first-order valence-electron chi connectivity index (χ1n) is 7.92. The van der Waals surface area contributed by atoms with Crippen LogP contribution in [0.15, 0.2) is 36.0 Å². The smallest absolute Gasteiger partial charge is 0.257 e. The van der Waals surface area contributed by atoms with E-state index < -0.39 is 0 Å². The van der Waals surface area contributed by atoms with Crippen molar-refractivity contribution in [1.29, 1.82) is 0 Å². The monoisotopic (exact) mass is 331 g/mol. The Hall–Kier alpha value is -1.89. The normalized spacial score (nSPS) is 18.1. The van der Waals surface area contributed by atoms with Crippen LogP contribution in [0.3, 0.4) is 0 Å². The number of aryl methyl sites for hydroxylation is 1. The molecule has 1 fully saturated rings. The summed E-state index contributed by atoms with van der Waals surface area (Å²) in [6, 6.07) is 2.19. The average Bonchev–Trinajstić information content (AvgIpc) is 3.13. The Kier molecular flexibility index (Phi) is 5.27. The van der Waals surface area contributed by atoms with Crippen LogP contribution in [0.2, 0.25) is 0 Å². The molecular weight excluding hydrogens is 310 g/mol. The van der Waals surface area contributed by atoms with Crippen molar-refractivity contribution < 1.29 is 4.79 Å². The third-order valence-electron chi connectivity index (χ3n) is 4.20. The second-order valence-electron chi connectivity index (χ2n) is 5.66. The van der Waals surface area contributed by atoms with Gasteiger partial charge in [-0.3, -0.25) is 9.48 Å². The molecule has 1 saturated heterocycles. The van der Waals surface area contributed by atoms with Gasteiger partial charge in [0, 0.05) is 43.9 Å². The van der Waals surface area contributed by atoms with E-state index >= 15 is 0 Å². The van der Waals surface area contributed by atoms with E-state index in [2.05, 4.69) is 15.1 Å². The first kappa shape index (κ1) is 16.0. The molecule has 0 radical (unpaired) electrons. The summed E-state index contributed by atoms with van der Waals surface area (Å²) in [4.78, 5) is 23.2. The highest BCUT2D eigenvalue weighted by Gasteiger charge is 2.27. The van der Waals surface area contributed by atoms with Crippen LogP contribution >= 0.6 is 11.8 Å². The predicted octanol–water partition coefficient (Wildman–Crippen LogP) is 2.48. The van der Waals surface area contributed by atoms with Crippen LogP contribution in [0.5, 0.6) is 0 Å². The van der Waals surface area contributed by atoms with E-state index in [1.807, 2.05) is 28.1 Å². The van der Waals surface area contributed by atoms with Gasteiger partial charge in [-0.1, -0.05) is 11.8 Å². The van der Waals surface area contributed by atoms with Crippen LogP contribution < -0.4 is 0 Å². The molecule has 0 aromatic carbocycles. The molecule has 1 aliphatic heterocycles. The van der Waals surface area contributed by atoms with Gasteiger partial charge in [0.05, 0.1) is 5.56 Å². The molecule has 1 atom stereocenters. The lowest BCUT2D eigenvalue weighted by atomic mass is 9.98. The minimum atomic E-state index is 0.0443. The fraction of sp³-hybridized carbons (Fsp3) is 0.500. The van der Waals surface area contributed by atoms with Crippen molar-refractivity contribution >= 4 is 17.7 Å². The lowest BCUT2D eigenvalue weighted by Gasteiger charge is -2.35. The number of rotatable bonds is 5. The van der Waals surface area contributed by atoms with Gasteiger partial charge in [-0.15, -0.1) is 0 Å². The molecule has 0 aliphatic carbocycles. The van der Waals surface area contributed by atoms with Gasteiger partial charge in [0.25, 0.3) is 5.91 Å². The minimum Gasteiger partial charge on any atom is -0.336 e. The van der Waals surface area contributed by atoms with E-state index in [4.69, 9.17) is 0 Å². The fourth-order valence-corrected chi connectivity index (χ4v) is 3.30. The fourth-order valence-electron chi connectivity index (χ4n) is 2.98. The summed E-state index contributed by atoms with van der Waals surface area (Å²) in [6.07, 6.45) is 13.2. The maximum atomic E-state index is 12.8. The van der Waals surface area contributed by atoms with Crippen LogP contribution in [0.4, 0.5) is 0 Å². The van der Waals surface area contributed by atoms with Gasteiger partial charge >= 0.3 is 0 Å². The summed E-state index contributed by atoms with van der Waals surface area (Å²) >= 11 is 1.48. The number of carbonyl (C=O) groups is 1. The minimum absolute atomic E-state index is 0.0443. The van der Waals surface area contributed by atoms with E-state index in [1.54, 1.807) is 18.6 Å². The van der Waals surface area contributed by atoms with E-state index in [0.29, 0.717) is 10.7 Å². The largest absolute Gasteiger partial charge is 0.336 e. The maximum Gasteiger partial charge on any atom is 0.257 e. The summed E-state index contributed by atoms with van der Waals surface area (Å²) in [6.45, 7) is 1.65. The number of hydrogen-bond acceptors (Lipinski definition) is 5. The Morgan fingerprint density at radius 2 is 2.17 bits per heavy atom. The maximum absolute atomic E-state index is 12.8. The third-order valence-corrected chi connectivity index (χ3v) is 4.77. The SMILES string of the molecule is CSc1ncc(C(=O)N2CCCCC2CCn2cccn2)cn1. The molecule has 0 bridgehead atoms. The summed E-state index contributed by atoms with van der Waals surface area (Å²) in [7, 11) is 0. The number of amides is 1. The number of aromatic nitrogens is 4. The van der Waals surface area contributed by atoms with Crippen LogP contribution in [0.25, 0.3) is 0 Å². The number of carbonyl (C=O) groups excluding carboxylic acids is 1. The van der Waals surface area contributed by atoms with Crippen LogP contribution in [-0.4, -0.2) is 49.4 Å². The van der Waals surface area contributed by atoms with Gasteiger partial charge < -0.3 is 4.90 Å². The van der Waals surface area contributed by atoms with Crippen molar-refractivity contribution in [3.8, 4) is 0 Å². The molecule has 3 rings (SSSR count). The Morgan fingerprint density at radius 1 is 1.35 bits per heavy atom. The van der Waals surface area contributed by atoms with Gasteiger partial charge in [-0.2, -0.15) is 5.10 Å². The summed E-state index contributed by atoms with van der Waals surface area (Å²) in [5.74, 6) is 0.0443. The lowest BCUT2D eigenvalue weighted by Crippen LogP contribution is -2.44. The summed E-state index contributed by atoms with van der Waals surface area (Å²) in [5.41, 5.74) is 0.578. The molecule has 0 spiro atoms. The van der Waals surface area contributed by atoms with Crippen molar-refractivity contribution in [3.63, 3.8) is 0 Å². The molecule has 7 heteroatoms. The average molecular weight is 331 g/mol. The van der Waals surface area contributed by atoms with Crippen molar-refractivity contribution in [2.24, 2.45) is 0 Å². The Balaban J connectivity index is 1.67. The van der Waals surface area contributed by atoms with E-state index in [9.17, 15) is 4.79 Å². The van der Waals surface area contributed by atoms with Crippen molar-refractivity contribution in [2.45, 2.75) is 43.4 Å². The number of piperidine rings is 1. The summed E-state index contributed by atoms with van der Waals surface area (Å²) < 4.78 is 1.92. The lowest BCUT2D eigenvalue weighted by molar-refractivity contribution is 0.0593. The number of likely N-dealkylation sites (tertiary alicyclic amines) is 1. The molecule has 3 heterocycles. The molecule has 2 aromatic rings. The van der Waals surface area contributed by atoms with Gasteiger partial charge in [-0.25, -0.2) is 9.97 Å². The second kappa shape index (κ2) is 7.59. The first-order chi connectivity index (χ1) is 11.3. The number of thioether (sulfide) groups is 1. The number of hydrogen-bond donors (Lipinski definition) is 0.